The van der Waals surface area contributed by atoms with Crippen LogP contribution < -0.4 is 5.73 Å². The van der Waals surface area contributed by atoms with Gasteiger partial charge in [0.1, 0.15) is 12.4 Å². The summed E-state index contributed by atoms with van der Waals surface area (Å²) < 4.78 is 7.52. The van der Waals surface area contributed by atoms with Crippen molar-refractivity contribution in [3.8, 4) is 0 Å². The Morgan fingerprint density at radius 3 is 2.42 bits per heavy atom. The molecule has 106 valence electrons. The minimum Gasteiger partial charge on any atom is -0.382 e. The van der Waals surface area contributed by atoms with E-state index < -0.39 is 0 Å². The zero-order valence-corrected chi connectivity index (χ0v) is 12.0. The molecule has 1 aliphatic rings. The Kier molecular flexibility index (Phi) is 3.30. The van der Waals surface area contributed by atoms with E-state index in [1.54, 1.807) is 16.9 Å². The summed E-state index contributed by atoms with van der Waals surface area (Å²) in [4.78, 5) is 14.2. The molecule has 0 aromatic carbocycles. The molecule has 0 radical (unpaired) electrons. The lowest BCUT2D eigenvalue weighted by molar-refractivity contribution is -0.188. The van der Waals surface area contributed by atoms with E-state index in [9.17, 15) is 4.79 Å². The number of nitrogens with zero attached hydrogens (tertiary/aromatic N) is 3. The number of nitrogen functional groups attached to an aromatic ring is 1. The summed E-state index contributed by atoms with van der Waals surface area (Å²) in [5.74, 6) is 0.461. The number of rotatable bonds is 2. The summed E-state index contributed by atoms with van der Waals surface area (Å²) in [6, 6.07) is 1.68. The Bertz CT molecular complexity index is 463. The molecule has 0 bridgehead atoms. The second-order valence-corrected chi connectivity index (χ2v) is 6.31. The highest BCUT2D eigenvalue weighted by molar-refractivity contribution is 5.76. The normalized spacial score (nSPS) is 21.4. The van der Waals surface area contributed by atoms with Crippen LogP contribution in [0.2, 0.25) is 0 Å². The predicted octanol–water partition coefficient (Wildman–Crippen LogP) is 0.881. The molecule has 1 saturated heterocycles. The smallest absolute Gasteiger partial charge is 0.244 e. The molecule has 1 aromatic rings. The van der Waals surface area contributed by atoms with Crippen LogP contribution in [0.1, 0.15) is 27.7 Å². The highest BCUT2D eigenvalue weighted by atomic mass is 16.5. The Labute approximate surface area is 113 Å². The zero-order valence-electron chi connectivity index (χ0n) is 12.0. The first-order valence-corrected chi connectivity index (χ1v) is 6.44. The zero-order chi connectivity index (χ0) is 14.3. The number of nitrogens with two attached hydrogens (primary N) is 1. The van der Waals surface area contributed by atoms with Crippen LogP contribution in [-0.4, -0.2) is 44.9 Å². The lowest BCUT2D eigenvalue weighted by Gasteiger charge is -2.47. The van der Waals surface area contributed by atoms with E-state index in [2.05, 4.69) is 5.10 Å². The van der Waals surface area contributed by atoms with Crippen molar-refractivity contribution in [1.29, 1.82) is 0 Å². The molecule has 0 atom stereocenters. The van der Waals surface area contributed by atoms with Gasteiger partial charge in [-0.3, -0.25) is 9.48 Å². The summed E-state index contributed by atoms with van der Waals surface area (Å²) in [7, 11) is 0. The lowest BCUT2D eigenvalue weighted by atomic mass is 9.99. The number of anilines is 1. The van der Waals surface area contributed by atoms with E-state index in [0.29, 0.717) is 18.9 Å². The van der Waals surface area contributed by atoms with Crippen molar-refractivity contribution >= 4 is 11.7 Å². The number of carbonyl (C=O) groups excluding carboxylic acids is 1. The molecule has 0 aliphatic carbocycles. The molecule has 0 saturated carbocycles. The van der Waals surface area contributed by atoms with Crippen LogP contribution in [-0.2, 0) is 16.1 Å². The van der Waals surface area contributed by atoms with Gasteiger partial charge in [0.15, 0.2) is 0 Å². The standard InChI is InChI=1S/C13H22N4O2/c1-12(2)8-16(9-13(3,4)19-12)11(18)7-17-6-5-10(14)15-17/h5-6H,7-9H2,1-4H3,(H2,14,15). The first-order valence-electron chi connectivity index (χ1n) is 6.44. The Hall–Kier alpha value is -1.56. The fourth-order valence-corrected chi connectivity index (χ4v) is 2.67. The maximum absolute atomic E-state index is 12.3. The third-order valence-corrected chi connectivity index (χ3v) is 3.01. The average molecular weight is 266 g/mol. The highest BCUT2D eigenvalue weighted by Crippen LogP contribution is 2.28. The van der Waals surface area contributed by atoms with Gasteiger partial charge in [-0.1, -0.05) is 0 Å². The number of hydrogen-bond donors (Lipinski definition) is 1. The van der Waals surface area contributed by atoms with Gasteiger partial charge in [-0.05, 0) is 33.8 Å². The monoisotopic (exact) mass is 266 g/mol. The van der Waals surface area contributed by atoms with Crippen molar-refractivity contribution in [2.24, 2.45) is 0 Å². The molecule has 1 amide bonds. The van der Waals surface area contributed by atoms with Crippen LogP contribution in [0.15, 0.2) is 12.3 Å². The van der Waals surface area contributed by atoms with Crippen LogP contribution >= 0.6 is 0 Å². The molecule has 1 aliphatic heterocycles. The molecular formula is C13H22N4O2. The van der Waals surface area contributed by atoms with Gasteiger partial charge in [0.05, 0.1) is 11.2 Å². The summed E-state index contributed by atoms with van der Waals surface area (Å²) in [6.45, 7) is 9.39. The summed E-state index contributed by atoms with van der Waals surface area (Å²) >= 11 is 0. The van der Waals surface area contributed by atoms with Crippen molar-refractivity contribution < 1.29 is 9.53 Å². The van der Waals surface area contributed by atoms with E-state index in [4.69, 9.17) is 10.5 Å². The fraction of sp³-hybridized carbons (Fsp3) is 0.692. The van der Waals surface area contributed by atoms with Crippen LogP contribution in [0.3, 0.4) is 0 Å². The lowest BCUT2D eigenvalue weighted by Crippen LogP contribution is -2.59. The molecule has 6 heteroatoms. The minimum absolute atomic E-state index is 0.0348. The first kappa shape index (κ1) is 13.9. The topological polar surface area (TPSA) is 73.4 Å². The van der Waals surface area contributed by atoms with Crippen molar-refractivity contribution in [3.05, 3.63) is 12.3 Å². The summed E-state index contributed by atoms with van der Waals surface area (Å²) in [5.41, 5.74) is 4.88. The largest absolute Gasteiger partial charge is 0.382 e. The van der Waals surface area contributed by atoms with Gasteiger partial charge in [-0.2, -0.15) is 5.10 Å². The molecule has 19 heavy (non-hydrogen) atoms. The van der Waals surface area contributed by atoms with Crippen LogP contribution in [0.25, 0.3) is 0 Å². The third-order valence-electron chi connectivity index (χ3n) is 3.01. The molecule has 2 rings (SSSR count). The maximum atomic E-state index is 12.3. The van der Waals surface area contributed by atoms with Gasteiger partial charge >= 0.3 is 0 Å². The average Bonchev–Trinajstić information content (AvgIpc) is 2.59. The molecule has 2 heterocycles. The Morgan fingerprint density at radius 2 is 1.95 bits per heavy atom. The van der Waals surface area contributed by atoms with E-state index in [1.165, 1.54) is 0 Å². The fourth-order valence-electron chi connectivity index (χ4n) is 2.67. The second-order valence-electron chi connectivity index (χ2n) is 6.31. The van der Waals surface area contributed by atoms with Crippen LogP contribution in [0.4, 0.5) is 5.82 Å². The first-order chi connectivity index (χ1) is 8.67. The number of carbonyl (C=O) groups is 1. The van der Waals surface area contributed by atoms with E-state index in [0.717, 1.165) is 0 Å². The van der Waals surface area contributed by atoms with E-state index in [-0.39, 0.29) is 23.7 Å². The summed E-state index contributed by atoms with van der Waals surface area (Å²) in [5, 5.41) is 4.03. The SMILES string of the molecule is CC1(C)CN(C(=O)Cn2ccc(N)n2)CC(C)(C)O1. The highest BCUT2D eigenvalue weighted by Gasteiger charge is 2.39. The van der Waals surface area contributed by atoms with E-state index >= 15 is 0 Å². The number of ether oxygens (including phenoxy) is 1. The van der Waals surface area contributed by atoms with Crippen molar-refractivity contribution in [3.63, 3.8) is 0 Å². The van der Waals surface area contributed by atoms with Gasteiger partial charge in [-0.15, -0.1) is 0 Å². The second kappa shape index (κ2) is 4.52. The number of hydrogen-bond acceptors (Lipinski definition) is 4. The minimum atomic E-state index is -0.333. The number of aromatic nitrogens is 2. The predicted molar refractivity (Wildman–Crippen MR) is 72.5 cm³/mol. The molecule has 1 fully saturated rings. The van der Waals surface area contributed by atoms with Crippen molar-refractivity contribution in [1.82, 2.24) is 14.7 Å². The van der Waals surface area contributed by atoms with E-state index in [1.807, 2.05) is 32.6 Å². The van der Waals surface area contributed by atoms with Gasteiger partial charge in [0.25, 0.3) is 0 Å². The van der Waals surface area contributed by atoms with Gasteiger partial charge in [-0.25, -0.2) is 0 Å². The molecule has 0 spiro atoms. The molecule has 6 nitrogen and oxygen atoms in total. The van der Waals surface area contributed by atoms with Gasteiger partial charge in [0, 0.05) is 19.3 Å². The number of morpholine rings is 1. The molecule has 1 aromatic heterocycles. The van der Waals surface area contributed by atoms with Crippen LogP contribution in [0, 0.1) is 0 Å². The molecule has 2 N–H and O–H groups in total. The Morgan fingerprint density at radius 1 is 1.37 bits per heavy atom. The van der Waals surface area contributed by atoms with Gasteiger partial charge < -0.3 is 15.4 Å². The van der Waals surface area contributed by atoms with Gasteiger partial charge in [0.2, 0.25) is 5.91 Å². The maximum Gasteiger partial charge on any atom is 0.244 e. The van der Waals surface area contributed by atoms with Crippen molar-refractivity contribution in [2.75, 3.05) is 18.8 Å². The quantitative estimate of drug-likeness (QED) is 0.862. The number of amides is 1. The summed E-state index contributed by atoms with van der Waals surface area (Å²) in [6.07, 6.45) is 1.71. The van der Waals surface area contributed by atoms with Crippen molar-refractivity contribution in [2.45, 2.75) is 45.4 Å². The Balaban J connectivity index is 2.06. The molecule has 0 unspecified atom stereocenters. The van der Waals surface area contributed by atoms with Crippen LogP contribution in [0.5, 0.6) is 0 Å². The molecular weight excluding hydrogens is 244 g/mol. The third kappa shape index (κ3) is 3.47.